The number of rotatable bonds is 17. The van der Waals surface area contributed by atoms with E-state index in [9.17, 15) is 19.8 Å². The Hall–Kier alpha value is -3.10. The average Bonchev–Trinajstić information content (AvgIpc) is 3.07. The maximum absolute atomic E-state index is 12.2. The summed E-state index contributed by atoms with van der Waals surface area (Å²) in [5.41, 5.74) is 5.90. The van der Waals surface area contributed by atoms with E-state index >= 15 is 0 Å². The Kier molecular flexibility index (Phi) is 14.7. The smallest absolute Gasteiger partial charge is 0.306 e. The van der Waals surface area contributed by atoms with Crippen molar-refractivity contribution in [3.05, 3.63) is 57.6 Å². The van der Waals surface area contributed by atoms with Crippen molar-refractivity contribution in [2.75, 3.05) is 39.6 Å². The van der Waals surface area contributed by atoms with Crippen LogP contribution in [-0.4, -0.2) is 61.8 Å². The van der Waals surface area contributed by atoms with Gasteiger partial charge in [0.15, 0.2) is 0 Å². The molecule has 46 heavy (non-hydrogen) atoms. The molecule has 2 saturated carbocycles. The first-order chi connectivity index (χ1) is 22.3. The first kappa shape index (κ1) is 35.7. The number of hydrogen-bond donors (Lipinski definition) is 2. The summed E-state index contributed by atoms with van der Waals surface area (Å²) in [5, 5.41) is 21.2. The maximum atomic E-state index is 12.2. The number of ether oxygens (including phenoxy) is 4. The van der Waals surface area contributed by atoms with Crippen molar-refractivity contribution in [3.8, 4) is 11.5 Å². The van der Waals surface area contributed by atoms with Gasteiger partial charge in [-0.25, -0.2) is 0 Å². The third kappa shape index (κ3) is 11.3. The fraction of sp³-hybridized carbons (Fsp3) is 0.632. The lowest BCUT2D eigenvalue weighted by Crippen LogP contribution is -2.15. The van der Waals surface area contributed by atoms with Crippen molar-refractivity contribution in [1.82, 2.24) is 0 Å². The number of phenolic OH excluding ortho intramolecular Hbond substituents is 2. The van der Waals surface area contributed by atoms with Gasteiger partial charge >= 0.3 is 11.9 Å². The lowest BCUT2D eigenvalue weighted by molar-refractivity contribution is -0.146. The second-order valence-corrected chi connectivity index (χ2v) is 13.0. The summed E-state index contributed by atoms with van der Waals surface area (Å²) < 4.78 is 21.6. The van der Waals surface area contributed by atoms with Gasteiger partial charge in [0.2, 0.25) is 0 Å². The van der Waals surface area contributed by atoms with Crippen LogP contribution in [0.1, 0.15) is 122 Å². The number of benzene rings is 2. The summed E-state index contributed by atoms with van der Waals surface area (Å²) in [6.45, 7) is 5.48. The molecule has 0 spiro atoms. The Morgan fingerprint density at radius 1 is 0.587 bits per heavy atom. The highest BCUT2D eigenvalue weighted by atomic mass is 16.6. The highest BCUT2D eigenvalue weighted by Gasteiger charge is 2.22. The predicted octanol–water partition coefficient (Wildman–Crippen LogP) is 7.50. The maximum Gasteiger partial charge on any atom is 0.306 e. The Morgan fingerprint density at radius 3 is 1.35 bits per heavy atom. The predicted molar refractivity (Wildman–Crippen MR) is 178 cm³/mol. The molecule has 4 rings (SSSR count). The summed E-state index contributed by atoms with van der Waals surface area (Å²) in [5.74, 6) is 1.08. The molecule has 0 aromatic heterocycles. The highest BCUT2D eigenvalue weighted by Crippen LogP contribution is 2.40. The molecule has 8 nitrogen and oxygen atoms in total. The first-order valence-electron chi connectivity index (χ1n) is 17.4. The van der Waals surface area contributed by atoms with Crippen LogP contribution in [-0.2, 0) is 41.4 Å². The van der Waals surface area contributed by atoms with Crippen molar-refractivity contribution in [2.45, 2.75) is 116 Å². The van der Waals surface area contributed by atoms with Crippen molar-refractivity contribution in [1.29, 1.82) is 0 Å². The number of aryl methyl sites for hydroxylation is 4. The standard InChI is InChI=1S/C38H54O8/c1-27-23-29(25-33(37(27)41)31-9-5-3-6-10-31)13-15-35(39)45-21-19-43-17-18-44-20-22-46-36(40)16-14-30-24-28(2)38(42)34(26-30)32-11-7-4-8-12-32/h23-26,31-32,41-42H,3-22H2,1-2H3. The molecule has 0 bridgehead atoms. The van der Waals surface area contributed by atoms with Crippen molar-refractivity contribution in [2.24, 2.45) is 0 Å². The monoisotopic (exact) mass is 638 g/mol. The summed E-state index contributed by atoms with van der Waals surface area (Å²) >= 11 is 0. The van der Waals surface area contributed by atoms with Crippen LogP contribution in [0.3, 0.4) is 0 Å². The minimum atomic E-state index is -0.267. The summed E-state index contributed by atoms with van der Waals surface area (Å²) in [7, 11) is 0. The van der Waals surface area contributed by atoms with E-state index in [4.69, 9.17) is 18.9 Å². The van der Waals surface area contributed by atoms with Crippen LogP contribution in [0.15, 0.2) is 24.3 Å². The molecular formula is C38H54O8. The Labute approximate surface area is 274 Å². The molecule has 254 valence electrons. The zero-order valence-electron chi connectivity index (χ0n) is 28.0. The van der Waals surface area contributed by atoms with Gasteiger partial charge < -0.3 is 29.2 Å². The van der Waals surface area contributed by atoms with E-state index in [2.05, 4.69) is 12.1 Å². The van der Waals surface area contributed by atoms with Crippen LogP contribution in [0.5, 0.6) is 11.5 Å². The molecule has 2 aliphatic carbocycles. The average molecular weight is 639 g/mol. The SMILES string of the molecule is Cc1cc(CCC(=O)OCCOCCOCCOC(=O)CCc2cc(C)c(O)c(C3CCCCC3)c2)cc(C2CCCCC2)c1O. The molecule has 2 aromatic rings. The van der Waals surface area contributed by atoms with E-state index in [1.807, 2.05) is 26.0 Å². The van der Waals surface area contributed by atoms with Crippen molar-refractivity contribution in [3.63, 3.8) is 0 Å². The summed E-state index contributed by atoms with van der Waals surface area (Å²) in [4.78, 5) is 24.5. The number of esters is 2. The molecule has 0 atom stereocenters. The highest BCUT2D eigenvalue weighted by molar-refractivity contribution is 5.70. The molecular weight excluding hydrogens is 584 g/mol. The van der Waals surface area contributed by atoms with E-state index in [1.54, 1.807) is 0 Å². The number of phenols is 2. The van der Waals surface area contributed by atoms with Crippen LogP contribution < -0.4 is 0 Å². The van der Waals surface area contributed by atoms with E-state index in [0.29, 0.717) is 49.4 Å². The van der Waals surface area contributed by atoms with Crippen LogP contribution in [0.4, 0.5) is 0 Å². The molecule has 2 aromatic carbocycles. The van der Waals surface area contributed by atoms with Gasteiger partial charge in [-0.1, -0.05) is 62.8 Å². The van der Waals surface area contributed by atoms with Crippen LogP contribution in [0.2, 0.25) is 0 Å². The topological polar surface area (TPSA) is 112 Å². The number of aromatic hydroxyl groups is 2. The van der Waals surface area contributed by atoms with Gasteiger partial charge in [0.1, 0.15) is 24.7 Å². The minimum absolute atomic E-state index is 0.182. The zero-order chi connectivity index (χ0) is 32.7. The fourth-order valence-corrected chi connectivity index (χ4v) is 6.89. The number of hydrogen-bond acceptors (Lipinski definition) is 8. The zero-order valence-corrected chi connectivity index (χ0v) is 28.0. The Morgan fingerprint density at radius 2 is 0.957 bits per heavy atom. The Bertz CT molecular complexity index is 1160. The van der Waals surface area contributed by atoms with Gasteiger partial charge in [-0.15, -0.1) is 0 Å². The summed E-state index contributed by atoms with van der Waals surface area (Å²) in [6.07, 6.45) is 13.5. The van der Waals surface area contributed by atoms with Crippen molar-refractivity contribution < 1.29 is 38.7 Å². The van der Waals surface area contributed by atoms with E-state index in [-0.39, 0.29) is 51.2 Å². The molecule has 0 amide bonds. The molecule has 0 radical (unpaired) electrons. The lowest BCUT2D eigenvalue weighted by atomic mass is 9.82. The quantitative estimate of drug-likeness (QED) is 0.135. The molecule has 2 aliphatic rings. The normalized spacial score (nSPS) is 16.0. The number of carbonyl (C=O) groups is 2. The van der Waals surface area contributed by atoms with Gasteiger partial charge in [-0.3, -0.25) is 9.59 Å². The minimum Gasteiger partial charge on any atom is -0.507 e. The second kappa shape index (κ2) is 18.9. The molecule has 0 saturated heterocycles. The third-order valence-electron chi connectivity index (χ3n) is 9.46. The molecule has 2 N–H and O–H groups in total. The number of carbonyl (C=O) groups excluding carboxylic acids is 2. The molecule has 0 heterocycles. The van der Waals surface area contributed by atoms with Gasteiger partial charge in [-0.2, -0.15) is 0 Å². The molecule has 0 aliphatic heterocycles. The third-order valence-corrected chi connectivity index (χ3v) is 9.46. The Balaban J connectivity index is 1.01. The van der Waals surface area contributed by atoms with Crippen molar-refractivity contribution >= 4 is 11.9 Å². The lowest BCUT2D eigenvalue weighted by Gasteiger charge is -2.24. The van der Waals surface area contributed by atoms with Gasteiger partial charge in [0.25, 0.3) is 0 Å². The second-order valence-electron chi connectivity index (χ2n) is 13.0. The van der Waals surface area contributed by atoms with Crippen LogP contribution in [0, 0.1) is 13.8 Å². The molecule has 2 fully saturated rings. The molecule has 0 unspecified atom stereocenters. The van der Waals surface area contributed by atoms with E-state index in [1.165, 1.54) is 38.5 Å². The van der Waals surface area contributed by atoms with Gasteiger partial charge in [0.05, 0.1) is 26.4 Å². The fourth-order valence-electron chi connectivity index (χ4n) is 6.89. The van der Waals surface area contributed by atoms with Gasteiger partial charge in [-0.05, 0) is 97.6 Å². The van der Waals surface area contributed by atoms with Crippen LogP contribution in [0.25, 0.3) is 0 Å². The van der Waals surface area contributed by atoms with Crippen LogP contribution >= 0.6 is 0 Å². The molecule has 8 heteroatoms. The van der Waals surface area contributed by atoms with E-state index < -0.39 is 0 Å². The summed E-state index contributed by atoms with van der Waals surface area (Å²) in [6, 6.07) is 8.07. The van der Waals surface area contributed by atoms with E-state index in [0.717, 1.165) is 59.1 Å². The first-order valence-corrected chi connectivity index (χ1v) is 17.4. The van der Waals surface area contributed by atoms with Gasteiger partial charge in [0, 0.05) is 12.8 Å². The largest absolute Gasteiger partial charge is 0.507 e.